The third-order valence-corrected chi connectivity index (χ3v) is 5.47. The molecule has 4 aromatic rings. The van der Waals surface area contributed by atoms with Crippen molar-refractivity contribution in [3.8, 4) is 11.3 Å². The van der Waals surface area contributed by atoms with Gasteiger partial charge in [0.05, 0.1) is 30.7 Å². The molecule has 1 saturated heterocycles. The van der Waals surface area contributed by atoms with Crippen LogP contribution in [0.3, 0.4) is 0 Å². The number of carbonyl (C=O) groups is 2. The van der Waals surface area contributed by atoms with Crippen molar-refractivity contribution in [3.05, 3.63) is 83.9 Å². The van der Waals surface area contributed by atoms with Gasteiger partial charge in [-0.15, -0.1) is 0 Å². The quantitative estimate of drug-likeness (QED) is 0.521. The monoisotopic (exact) mass is 445 g/mol. The molecule has 2 amide bonds. The van der Waals surface area contributed by atoms with Crippen LogP contribution in [0, 0.1) is 5.82 Å². The molecule has 1 aliphatic heterocycles. The fraction of sp³-hybridized carbons (Fsp3) is 0.167. The zero-order chi connectivity index (χ0) is 22.8. The zero-order valence-electron chi connectivity index (χ0n) is 17.6. The topological polar surface area (TPSA) is 88.8 Å². The van der Waals surface area contributed by atoms with Crippen molar-refractivity contribution in [1.82, 2.24) is 19.5 Å². The number of fused-ring (bicyclic) bond motifs is 1. The molecular weight excluding hydrogens is 425 g/mol. The van der Waals surface area contributed by atoms with Gasteiger partial charge in [-0.2, -0.15) is 5.10 Å². The second-order valence-corrected chi connectivity index (χ2v) is 7.54. The highest BCUT2D eigenvalue weighted by Crippen LogP contribution is 2.22. The molecule has 5 rings (SSSR count). The van der Waals surface area contributed by atoms with Gasteiger partial charge in [-0.05, 0) is 24.3 Å². The Labute approximate surface area is 188 Å². The Morgan fingerprint density at radius 1 is 1.00 bits per heavy atom. The van der Waals surface area contributed by atoms with Crippen molar-refractivity contribution in [2.75, 3.05) is 31.6 Å². The number of aromatic nitrogens is 3. The van der Waals surface area contributed by atoms with E-state index in [4.69, 9.17) is 4.74 Å². The van der Waals surface area contributed by atoms with Gasteiger partial charge in [0.25, 0.3) is 11.8 Å². The van der Waals surface area contributed by atoms with Crippen LogP contribution in [0.5, 0.6) is 0 Å². The van der Waals surface area contributed by atoms with E-state index in [2.05, 4.69) is 15.4 Å². The summed E-state index contributed by atoms with van der Waals surface area (Å²) in [5.74, 6) is -1.57. The molecule has 0 atom stereocenters. The maximum Gasteiger partial charge on any atom is 0.261 e. The summed E-state index contributed by atoms with van der Waals surface area (Å²) in [5.41, 5.74) is 2.55. The normalized spacial score (nSPS) is 13.8. The molecule has 2 aromatic carbocycles. The fourth-order valence-corrected chi connectivity index (χ4v) is 3.78. The lowest BCUT2D eigenvalue weighted by Crippen LogP contribution is -2.41. The Morgan fingerprint density at radius 2 is 1.79 bits per heavy atom. The number of morpholine rings is 1. The average molecular weight is 445 g/mol. The molecule has 0 bridgehead atoms. The number of amides is 2. The Morgan fingerprint density at radius 3 is 2.55 bits per heavy atom. The minimum Gasteiger partial charge on any atom is -0.378 e. The molecule has 0 unspecified atom stereocenters. The predicted molar refractivity (Wildman–Crippen MR) is 119 cm³/mol. The summed E-state index contributed by atoms with van der Waals surface area (Å²) < 4.78 is 21.5. The van der Waals surface area contributed by atoms with Crippen LogP contribution in [0.15, 0.2) is 67.0 Å². The largest absolute Gasteiger partial charge is 0.378 e. The van der Waals surface area contributed by atoms with Gasteiger partial charge in [0.15, 0.2) is 5.65 Å². The first-order chi connectivity index (χ1) is 16.1. The molecule has 0 saturated carbocycles. The van der Waals surface area contributed by atoms with E-state index in [9.17, 15) is 14.0 Å². The predicted octanol–water partition coefficient (Wildman–Crippen LogP) is 3.26. The lowest BCUT2D eigenvalue weighted by atomic mass is 10.1. The molecule has 2 aromatic heterocycles. The minimum absolute atomic E-state index is 0.0416. The van der Waals surface area contributed by atoms with Gasteiger partial charge < -0.3 is 15.0 Å². The van der Waals surface area contributed by atoms with Crippen molar-refractivity contribution < 1.29 is 18.7 Å². The summed E-state index contributed by atoms with van der Waals surface area (Å²) in [6.07, 6.45) is 3.04. The number of hydrogen-bond acceptors (Lipinski definition) is 5. The van der Waals surface area contributed by atoms with E-state index < -0.39 is 17.6 Å². The number of carbonyl (C=O) groups excluding carboxylic acids is 2. The molecule has 9 heteroatoms. The van der Waals surface area contributed by atoms with Crippen molar-refractivity contribution in [3.63, 3.8) is 0 Å². The molecule has 0 aliphatic carbocycles. The molecule has 3 heterocycles. The first-order valence-corrected chi connectivity index (χ1v) is 10.5. The summed E-state index contributed by atoms with van der Waals surface area (Å²) in [4.78, 5) is 31.3. The van der Waals surface area contributed by atoms with E-state index in [0.717, 1.165) is 17.3 Å². The van der Waals surface area contributed by atoms with Crippen molar-refractivity contribution in [2.45, 2.75) is 0 Å². The summed E-state index contributed by atoms with van der Waals surface area (Å²) in [6.45, 7) is 1.70. The van der Waals surface area contributed by atoms with Crippen LogP contribution in [0.4, 0.5) is 10.1 Å². The van der Waals surface area contributed by atoms with Crippen LogP contribution in [0.1, 0.15) is 20.7 Å². The van der Waals surface area contributed by atoms with Crippen LogP contribution in [-0.2, 0) is 4.74 Å². The Hall–Kier alpha value is -4.11. The van der Waals surface area contributed by atoms with Crippen LogP contribution in [-0.4, -0.2) is 57.6 Å². The first-order valence-electron chi connectivity index (χ1n) is 10.5. The highest BCUT2D eigenvalue weighted by molar-refractivity contribution is 6.08. The molecule has 0 spiro atoms. The van der Waals surface area contributed by atoms with Gasteiger partial charge in [-0.1, -0.05) is 30.3 Å². The van der Waals surface area contributed by atoms with Gasteiger partial charge in [-0.25, -0.2) is 13.9 Å². The van der Waals surface area contributed by atoms with Crippen LogP contribution < -0.4 is 5.32 Å². The lowest BCUT2D eigenvalue weighted by Gasteiger charge is -2.27. The second kappa shape index (κ2) is 8.79. The Balaban J connectivity index is 1.38. The summed E-state index contributed by atoms with van der Waals surface area (Å²) in [5, 5.41) is 6.99. The highest BCUT2D eigenvalue weighted by Gasteiger charge is 2.22. The number of benzene rings is 2. The molecule has 8 nitrogen and oxygen atoms in total. The van der Waals surface area contributed by atoms with E-state index in [1.807, 2.05) is 36.4 Å². The average Bonchev–Trinajstić information content (AvgIpc) is 3.29. The highest BCUT2D eigenvalue weighted by atomic mass is 19.1. The maximum atomic E-state index is 14.7. The van der Waals surface area contributed by atoms with E-state index >= 15 is 0 Å². The number of nitrogens with zero attached hydrogens (tertiary/aromatic N) is 4. The molecule has 33 heavy (non-hydrogen) atoms. The van der Waals surface area contributed by atoms with Gasteiger partial charge in [0, 0.05) is 30.5 Å². The first kappa shape index (κ1) is 20.8. The second-order valence-electron chi connectivity index (χ2n) is 7.54. The summed E-state index contributed by atoms with van der Waals surface area (Å²) in [6, 6.07) is 15.5. The van der Waals surface area contributed by atoms with Crippen LogP contribution in [0.25, 0.3) is 16.9 Å². The molecule has 1 N–H and O–H groups in total. The van der Waals surface area contributed by atoms with Crippen LogP contribution in [0.2, 0.25) is 0 Å². The van der Waals surface area contributed by atoms with Gasteiger partial charge in [0.2, 0.25) is 0 Å². The number of rotatable bonds is 4. The zero-order valence-corrected chi connectivity index (χ0v) is 17.6. The molecule has 1 fully saturated rings. The van der Waals surface area contributed by atoms with Gasteiger partial charge >= 0.3 is 0 Å². The van der Waals surface area contributed by atoms with Crippen LogP contribution >= 0.6 is 0 Å². The van der Waals surface area contributed by atoms with Crippen molar-refractivity contribution in [1.29, 1.82) is 0 Å². The molecule has 0 radical (unpaired) electrons. The van der Waals surface area contributed by atoms with E-state index in [0.29, 0.717) is 32.0 Å². The third kappa shape index (κ3) is 4.06. The lowest BCUT2D eigenvalue weighted by molar-refractivity contribution is 0.0300. The number of hydrogen-bond donors (Lipinski definition) is 1. The Bertz CT molecular complexity index is 1330. The molecule has 166 valence electrons. The van der Waals surface area contributed by atoms with E-state index in [1.54, 1.807) is 15.6 Å². The van der Waals surface area contributed by atoms with Crippen molar-refractivity contribution >= 4 is 23.1 Å². The van der Waals surface area contributed by atoms with E-state index in [-0.39, 0.29) is 16.8 Å². The minimum atomic E-state index is -0.700. The van der Waals surface area contributed by atoms with Gasteiger partial charge in [-0.3, -0.25) is 9.59 Å². The number of halogens is 1. The summed E-state index contributed by atoms with van der Waals surface area (Å²) in [7, 11) is 0. The molecule has 1 aliphatic rings. The Kier molecular flexibility index (Phi) is 5.54. The fourth-order valence-electron chi connectivity index (χ4n) is 3.78. The summed E-state index contributed by atoms with van der Waals surface area (Å²) >= 11 is 0. The standard InChI is InChI=1S/C24H20FN5O3/c25-20-14-17(6-7-18(20)24(32)29-10-12-33-13-11-29)28-23(31)19-15-27-30-21(8-9-26-22(19)30)16-4-2-1-3-5-16/h1-9,14-15H,10-13H2,(H,28,31). The van der Waals surface area contributed by atoms with E-state index in [1.165, 1.54) is 18.3 Å². The number of anilines is 1. The number of ether oxygens (including phenoxy) is 1. The third-order valence-electron chi connectivity index (χ3n) is 5.47. The van der Waals surface area contributed by atoms with Crippen molar-refractivity contribution in [2.24, 2.45) is 0 Å². The SMILES string of the molecule is O=C(Nc1ccc(C(=O)N2CCOCC2)c(F)c1)c1cnn2c(-c3ccccc3)ccnc12. The smallest absolute Gasteiger partial charge is 0.261 e. The maximum absolute atomic E-state index is 14.7. The number of nitrogens with one attached hydrogen (secondary N) is 1. The molecular formula is C24H20FN5O3. The van der Waals surface area contributed by atoms with Gasteiger partial charge in [0.1, 0.15) is 11.4 Å².